The van der Waals surface area contributed by atoms with E-state index >= 15 is 0 Å². The maximum atomic E-state index is 11.1. The van der Waals surface area contributed by atoms with E-state index in [2.05, 4.69) is 5.32 Å². The molecule has 0 atom stereocenters. The molecule has 0 aromatic heterocycles. The van der Waals surface area contributed by atoms with Gasteiger partial charge >= 0.3 is 0 Å². The number of carbonyl (C=O) groups excluding carboxylic acids is 1. The molecule has 0 saturated heterocycles. The highest BCUT2D eigenvalue weighted by molar-refractivity contribution is 5.93. The average Bonchev–Trinajstić information content (AvgIpc) is 2.43. The van der Waals surface area contributed by atoms with E-state index in [0.717, 1.165) is 27.9 Å². The second kappa shape index (κ2) is 5.87. The first kappa shape index (κ1) is 14.9. The van der Waals surface area contributed by atoms with Crippen molar-refractivity contribution < 1.29 is 9.90 Å². The molecule has 0 spiro atoms. The highest BCUT2D eigenvalue weighted by Crippen LogP contribution is 2.24. The molecule has 0 fully saturated rings. The Kier molecular flexibility index (Phi) is 4.17. The van der Waals surface area contributed by atoms with Gasteiger partial charge in [0.05, 0.1) is 0 Å². The molecule has 0 heterocycles. The number of nitrogens with two attached hydrogens (primary N) is 1. The van der Waals surface area contributed by atoms with Gasteiger partial charge in [0.2, 0.25) is 5.91 Å². The van der Waals surface area contributed by atoms with Crippen molar-refractivity contribution in [3.63, 3.8) is 0 Å². The minimum Gasteiger partial charge on any atom is -0.507 e. The number of hydrogen-bond acceptors (Lipinski definition) is 3. The van der Waals surface area contributed by atoms with Crippen LogP contribution in [0, 0.1) is 20.8 Å². The molecular formula is C17H20N2O2. The summed E-state index contributed by atoms with van der Waals surface area (Å²) in [7, 11) is 0. The molecule has 2 aromatic rings. The molecule has 4 nitrogen and oxygen atoms in total. The number of aromatic hydroxyl groups is 1. The summed E-state index contributed by atoms with van der Waals surface area (Å²) in [5, 5.41) is 13.1. The Hall–Kier alpha value is -2.49. The summed E-state index contributed by atoms with van der Waals surface area (Å²) in [6.07, 6.45) is 0. The first-order valence-corrected chi connectivity index (χ1v) is 6.82. The fourth-order valence-electron chi connectivity index (χ4n) is 2.36. The minimum atomic E-state index is -0.422. The van der Waals surface area contributed by atoms with E-state index in [9.17, 15) is 9.90 Å². The molecule has 4 N–H and O–H groups in total. The molecule has 4 heteroatoms. The highest BCUT2D eigenvalue weighted by Gasteiger charge is 2.06. The molecule has 0 unspecified atom stereocenters. The molecule has 21 heavy (non-hydrogen) atoms. The van der Waals surface area contributed by atoms with Crippen LogP contribution in [0.1, 0.15) is 32.6 Å². The molecule has 0 aliphatic carbocycles. The lowest BCUT2D eigenvalue weighted by Crippen LogP contribution is -2.11. The topological polar surface area (TPSA) is 75.4 Å². The summed E-state index contributed by atoms with van der Waals surface area (Å²) >= 11 is 0. The van der Waals surface area contributed by atoms with E-state index in [1.165, 1.54) is 0 Å². The first-order chi connectivity index (χ1) is 9.88. The zero-order chi connectivity index (χ0) is 15.6. The van der Waals surface area contributed by atoms with Crippen LogP contribution < -0.4 is 11.1 Å². The molecule has 0 aliphatic heterocycles. The molecule has 0 radical (unpaired) electrons. The van der Waals surface area contributed by atoms with Crippen LogP contribution in [0.2, 0.25) is 0 Å². The number of phenolic OH excluding ortho intramolecular Hbond substituents is 1. The van der Waals surface area contributed by atoms with Gasteiger partial charge in [0, 0.05) is 17.8 Å². The lowest BCUT2D eigenvalue weighted by molar-refractivity contribution is 0.1000. The van der Waals surface area contributed by atoms with Crippen LogP contribution in [0.25, 0.3) is 0 Å². The van der Waals surface area contributed by atoms with E-state index < -0.39 is 5.91 Å². The highest BCUT2D eigenvalue weighted by atomic mass is 16.3. The van der Waals surface area contributed by atoms with Crippen molar-refractivity contribution in [3.05, 3.63) is 58.1 Å². The van der Waals surface area contributed by atoms with Crippen LogP contribution in [0.3, 0.4) is 0 Å². The number of aryl methyl sites for hydroxylation is 3. The summed E-state index contributed by atoms with van der Waals surface area (Å²) < 4.78 is 0. The van der Waals surface area contributed by atoms with Crippen molar-refractivity contribution in [1.82, 2.24) is 0 Å². The summed E-state index contributed by atoms with van der Waals surface area (Å²) in [6, 6.07) is 9.27. The first-order valence-electron chi connectivity index (χ1n) is 6.82. The summed E-state index contributed by atoms with van der Waals surface area (Å²) in [5.74, 6) is -0.0739. The van der Waals surface area contributed by atoms with E-state index in [1.54, 1.807) is 12.1 Å². The lowest BCUT2D eigenvalue weighted by atomic mass is 10.1. The van der Waals surface area contributed by atoms with E-state index in [4.69, 9.17) is 5.73 Å². The van der Waals surface area contributed by atoms with E-state index in [0.29, 0.717) is 17.9 Å². The fraction of sp³-hybridized carbons (Fsp3) is 0.235. The Labute approximate surface area is 124 Å². The minimum absolute atomic E-state index is 0.348. The normalized spacial score (nSPS) is 10.4. The van der Waals surface area contributed by atoms with E-state index in [1.807, 2.05) is 39.0 Å². The van der Waals surface area contributed by atoms with Crippen molar-refractivity contribution >= 4 is 11.6 Å². The van der Waals surface area contributed by atoms with Crippen LogP contribution >= 0.6 is 0 Å². The zero-order valence-corrected chi connectivity index (χ0v) is 12.5. The smallest absolute Gasteiger partial charge is 0.248 e. The molecular weight excluding hydrogens is 264 g/mol. The van der Waals surface area contributed by atoms with Crippen LogP contribution in [0.4, 0.5) is 5.69 Å². The third kappa shape index (κ3) is 3.34. The number of amides is 1. The molecule has 2 aromatic carbocycles. The van der Waals surface area contributed by atoms with Crippen LogP contribution in [-0.4, -0.2) is 11.0 Å². The summed E-state index contributed by atoms with van der Waals surface area (Å²) in [6.45, 7) is 6.36. The van der Waals surface area contributed by atoms with Gasteiger partial charge in [-0.05, 0) is 61.2 Å². The Morgan fingerprint density at radius 2 is 1.71 bits per heavy atom. The number of rotatable bonds is 4. The predicted molar refractivity (Wildman–Crippen MR) is 84.6 cm³/mol. The van der Waals surface area contributed by atoms with Crippen molar-refractivity contribution in [2.45, 2.75) is 27.3 Å². The lowest BCUT2D eigenvalue weighted by Gasteiger charge is -2.12. The number of carbonyl (C=O) groups is 1. The van der Waals surface area contributed by atoms with Gasteiger partial charge in [-0.3, -0.25) is 4.79 Å². The second-order valence-corrected chi connectivity index (χ2v) is 5.33. The number of benzene rings is 2. The number of phenols is 1. The standard InChI is InChI=1S/C17H20N2O2/c1-10-8-14(17(18)21)4-5-15(10)19-9-13-6-11(2)16(20)12(3)7-13/h4-8,19-20H,9H2,1-3H3,(H2,18,21). The molecule has 0 saturated carbocycles. The van der Waals surface area contributed by atoms with Crippen LogP contribution in [0.5, 0.6) is 5.75 Å². The van der Waals surface area contributed by atoms with Gasteiger partial charge in [-0.2, -0.15) is 0 Å². The number of primary amides is 1. The van der Waals surface area contributed by atoms with Gasteiger partial charge < -0.3 is 16.2 Å². The quantitative estimate of drug-likeness (QED) is 0.807. The van der Waals surface area contributed by atoms with Crippen LogP contribution in [-0.2, 0) is 6.54 Å². The van der Waals surface area contributed by atoms with Crippen molar-refractivity contribution in [3.8, 4) is 5.75 Å². The van der Waals surface area contributed by atoms with Gasteiger partial charge in [-0.15, -0.1) is 0 Å². The Bertz CT molecular complexity index is 670. The zero-order valence-electron chi connectivity index (χ0n) is 12.5. The van der Waals surface area contributed by atoms with Gasteiger partial charge in [-0.1, -0.05) is 12.1 Å². The molecule has 2 rings (SSSR count). The third-order valence-electron chi connectivity index (χ3n) is 3.54. The molecule has 1 amide bonds. The van der Waals surface area contributed by atoms with Crippen molar-refractivity contribution in [1.29, 1.82) is 0 Å². The number of hydrogen-bond donors (Lipinski definition) is 3. The van der Waals surface area contributed by atoms with Gasteiger partial charge in [-0.25, -0.2) is 0 Å². The number of nitrogens with one attached hydrogen (secondary N) is 1. The SMILES string of the molecule is Cc1cc(C(N)=O)ccc1NCc1cc(C)c(O)c(C)c1. The van der Waals surface area contributed by atoms with Gasteiger partial charge in [0.1, 0.15) is 5.75 Å². The Morgan fingerprint density at radius 1 is 1.10 bits per heavy atom. The number of anilines is 1. The van der Waals surface area contributed by atoms with E-state index in [-0.39, 0.29) is 0 Å². The second-order valence-electron chi connectivity index (χ2n) is 5.33. The Morgan fingerprint density at radius 3 is 2.24 bits per heavy atom. The van der Waals surface area contributed by atoms with Crippen LogP contribution in [0.15, 0.2) is 30.3 Å². The monoisotopic (exact) mass is 284 g/mol. The Balaban J connectivity index is 2.15. The largest absolute Gasteiger partial charge is 0.507 e. The molecule has 110 valence electrons. The van der Waals surface area contributed by atoms with Gasteiger partial charge in [0.25, 0.3) is 0 Å². The fourth-order valence-corrected chi connectivity index (χ4v) is 2.36. The summed E-state index contributed by atoms with van der Waals surface area (Å²) in [4.78, 5) is 11.1. The maximum absolute atomic E-state index is 11.1. The maximum Gasteiger partial charge on any atom is 0.248 e. The average molecular weight is 284 g/mol. The summed E-state index contributed by atoms with van der Waals surface area (Å²) in [5.41, 5.74) is 10.5. The van der Waals surface area contributed by atoms with Gasteiger partial charge in [0.15, 0.2) is 0 Å². The molecule has 0 bridgehead atoms. The predicted octanol–water partition coefficient (Wildman–Crippen LogP) is 3.03. The van der Waals surface area contributed by atoms with Crippen molar-refractivity contribution in [2.24, 2.45) is 5.73 Å². The third-order valence-corrected chi connectivity index (χ3v) is 3.54. The molecule has 0 aliphatic rings. The van der Waals surface area contributed by atoms with Crippen molar-refractivity contribution in [2.75, 3.05) is 5.32 Å².